The fourth-order valence-electron chi connectivity index (χ4n) is 2.81. The zero-order valence-corrected chi connectivity index (χ0v) is 16.2. The van der Waals surface area contributed by atoms with Gasteiger partial charge in [-0.2, -0.15) is 0 Å². The molecule has 1 N–H and O–H groups in total. The van der Waals surface area contributed by atoms with Gasteiger partial charge >= 0.3 is 5.97 Å². The highest BCUT2D eigenvalue weighted by Crippen LogP contribution is 2.24. The van der Waals surface area contributed by atoms with Gasteiger partial charge in [-0.1, -0.05) is 0 Å². The molecular formula is C21H16FN3O3S. The second kappa shape index (κ2) is 7.84. The number of hydrogen-bond acceptors (Lipinski definition) is 5. The van der Waals surface area contributed by atoms with E-state index in [1.165, 1.54) is 23.5 Å². The van der Waals surface area contributed by atoms with Crippen molar-refractivity contribution in [3.05, 3.63) is 77.2 Å². The molecule has 2 aromatic carbocycles. The summed E-state index contributed by atoms with van der Waals surface area (Å²) in [7, 11) is 0. The lowest BCUT2D eigenvalue weighted by atomic mass is 10.2. The normalized spacial score (nSPS) is 10.8. The third-order valence-corrected chi connectivity index (χ3v) is 5.08. The van der Waals surface area contributed by atoms with E-state index in [0.717, 1.165) is 5.56 Å². The number of hydrogen-bond donors (Lipinski definition) is 1. The molecule has 0 bridgehead atoms. The number of carbonyl (C=O) groups is 2. The number of benzene rings is 2. The Labute approximate surface area is 169 Å². The Morgan fingerprint density at radius 2 is 1.86 bits per heavy atom. The van der Waals surface area contributed by atoms with Crippen molar-refractivity contribution in [1.29, 1.82) is 0 Å². The number of anilines is 1. The van der Waals surface area contributed by atoms with E-state index in [4.69, 9.17) is 4.74 Å². The van der Waals surface area contributed by atoms with Gasteiger partial charge in [-0.3, -0.25) is 9.20 Å². The summed E-state index contributed by atoms with van der Waals surface area (Å²) in [6, 6.07) is 12.5. The molecule has 0 aliphatic rings. The van der Waals surface area contributed by atoms with E-state index in [9.17, 15) is 14.0 Å². The predicted molar refractivity (Wildman–Crippen MR) is 109 cm³/mol. The van der Waals surface area contributed by atoms with Crippen LogP contribution >= 0.6 is 11.3 Å². The van der Waals surface area contributed by atoms with E-state index in [-0.39, 0.29) is 11.7 Å². The van der Waals surface area contributed by atoms with Crippen molar-refractivity contribution >= 4 is 33.9 Å². The third-order valence-electron chi connectivity index (χ3n) is 4.24. The van der Waals surface area contributed by atoms with Gasteiger partial charge in [0, 0.05) is 22.8 Å². The Kier molecular flexibility index (Phi) is 5.09. The van der Waals surface area contributed by atoms with Crippen LogP contribution in [0.2, 0.25) is 0 Å². The van der Waals surface area contributed by atoms with E-state index in [2.05, 4.69) is 10.3 Å². The Morgan fingerprint density at radius 1 is 1.14 bits per heavy atom. The number of fused-ring (bicyclic) bond motifs is 1. The van der Waals surface area contributed by atoms with Crippen molar-refractivity contribution in [1.82, 2.24) is 9.38 Å². The summed E-state index contributed by atoms with van der Waals surface area (Å²) in [5.41, 5.74) is 2.83. The quantitative estimate of drug-likeness (QED) is 0.488. The lowest BCUT2D eigenvalue weighted by molar-refractivity contribution is 0.0526. The number of nitrogens with one attached hydrogen (secondary N) is 1. The second-order valence-corrected chi connectivity index (χ2v) is 7.00. The van der Waals surface area contributed by atoms with Crippen LogP contribution in [0.15, 0.2) is 60.1 Å². The van der Waals surface area contributed by atoms with Gasteiger partial charge in [-0.15, -0.1) is 11.3 Å². The lowest BCUT2D eigenvalue weighted by Gasteiger charge is -2.06. The van der Waals surface area contributed by atoms with Gasteiger partial charge in [0.2, 0.25) is 0 Å². The van der Waals surface area contributed by atoms with E-state index >= 15 is 0 Å². The molecule has 2 aromatic heterocycles. The van der Waals surface area contributed by atoms with Crippen molar-refractivity contribution in [3.63, 3.8) is 0 Å². The van der Waals surface area contributed by atoms with Crippen LogP contribution in [0.3, 0.4) is 0 Å². The van der Waals surface area contributed by atoms with Crippen molar-refractivity contribution in [3.8, 4) is 11.3 Å². The predicted octanol–water partition coefficient (Wildman–Crippen LogP) is 4.63. The molecule has 0 fully saturated rings. The van der Waals surface area contributed by atoms with Crippen LogP contribution in [0.25, 0.3) is 16.2 Å². The fourth-order valence-corrected chi connectivity index (χ4v) is 3.66. The van der Waals surface area contributed by atoms with Gasteiger partial charge < -0.3 is 10.1 Å². The van der Waals surface area contributed by atoms with Crippen molar-refractivity contribution < 1.29 is 18.7 Å². The van der Waals surface area contributed by atoms with Gasteiger partial charge in [-0.05, 0) is 55.5 Å². The first kappa shape index (κ1) is 18.8. The van der Waals surface area contributed by atoms with E-state index in [1.807, 2.05) is 0 Å². The number of halogens is 1. The molecule has 6 nitrogen and oxygen atoms in total. The van der Waals surface area contributed by atoms with Gasteiger partial charge in [-0.25, -0.2) is 14.2 Å². The van der Waals surface area contributed by atoms with Gasteiger partial charge in [0.1, 0.15) is 11.5 Å². The van der Waals surface area contributed by atoms with E-state index in [0.29, 0.717) is 34.2 Å². The lowest BCUT2D eigenvalue weighted by Crippen LogP contribution is -2.14. The first-order valence-corrected chi connectivity index (χ1v) is 9.74. The summed E-state index contributed by atoms with van der Waals surface area (Å²) < 4.78 is 19.8. The Bertz CT molecular complexity index is 1180. The van der Waals surface area contributed by atoms with Crippen LogP contribution < -0.4 is 5.32 Å². The molecule has 29 heavy (non-hydrogen) atoms. The standard InChI is InChI=1S/C21H16FN3O3S/c1-2-28-20(27)14-5-9-16(10-6-14)23-19(26)18-12-29-21-24-17(11-25(18)21)13-3-7-15(22)8-4-13/h3-12H,2H2,1H3,(H,23,26). The highest BCUT2D eigenvalue weighted by molar-refractivity contribution is 7.15. The monoisotopic (exact) mass is 409 g/mol. The topological polar surface area (TPSA) is 72.7 Å². The van der Waals surface area contributed by atoms with Crippen LogP contribution in [0.5, 0.6) is 0 Å². The number of esters is 1. The number of imidazole rings is 1. The van der Waals surface area contributed by atoms with Crippen LogP contribution in [-0.2, 0) is 4.74 Å². The molecule has 0 aliphatic carbocycles. The average molecular weight is 409 g/mol. The molecule has 0 spiro atoms. The number of amides is 1. The minimum Gasteiger partial charge on any atom is -0.462 e. The fraction of sp³-hybridized carbons (Fsp3) is 0.0952. The number of aromatic nitrogens is 2. The Hall–Kier alpha value is -3.52. The smallest absolute Gasteiger partial charge is 0.338 e. The summed E-state index contributed by atoms with van der Waals surface area (Å²) in [6.45, 7) is 2.04. The van der Waals surface area contributed by atoms with Crippen molar-refractivity contribution in [2.45, 2.75) is 6.92 Å². The van der Waals surface area contributed by atoms with E-state index in [1.54, 1.807) is 59.3 Å². The molecule has 0 saturated heterocycles. The van der Waals surface area contributed by atoms with Crippen molar-refractivity contribution in [2.24, 2.45) is 0 Å². The number of ether oxygens (including phenoxy) is 1. The number of carbonyl (C=O) groups excluding carboxylic acids is 2. The van der Waals surface area contributed by atoms with Gasteiger partial charge in [0.15, 0.2) is 4.96 Å². The molecule has 0 atom stereocenters. The van der Waals surface area contributed by atoms with Crippen LogP contribution in [0.1, 0.15) is 27.8 Å². The second-order valence-electron chi connectivity index (χ2n) is 6.16. The Balaban J connectivity index is 1.54. The zero-order valence-electron chi connectivity index (χ0n) is 15.4. The highest BCUT2D eigenvalue weighted by atomic mass is 32.1. The minimum absolute atomic E-state index is 0.302. The molecule has 4 aromatic rings. The molecule has 0 unspecified atom stereocenters. The molecule has 1 amide bonds. The van der Waals surface area contributed by atoms with Crippen LogP contribution in [0.4, 0.5) is 10.1 Å². The first-order valence-electron chi connectivity index (χ1n) is 8.86. The maximum Gasteiger partial charge on any atom is 0.338 e. The van der Waals surface area contributed by atoms with Crippen LogP contribution in [-0.4, -0.2) is 27.9 Å². The molecule has 146 valence electrons. The van der Waals surface area contributed by atoms with Crippen molar-refractivity contribution in [2.75, 3.05) is 11.9 Å². The highest BCUT2D eigenvalue weighted by Gasteiger charge is 2.16. The minimum atomic E-state index is -0.406. The summed E-state index contributed by atoms with van der Waals surface area (Å²) in [4.78, 5) is 29.6. The molecule has 0 radical (unpaired) electrons. The van der Waals surface area contributed by atoms with E-state index < -0.39 is 5.97 Å². The summed E-state index contributed by atoms with van der Waals surface area (Å²) in [5, 5.41) is 4.53. The third kappa shape index (κ3) is 3.88. The summed E-state index contributed by atoms with van der Waals surface area (Å²) >= 11 is 1.34. The molecule has 2 heterocycles. The first-order chi connectivity index (χ1) is 14.0. The zero-order chi connectivity index (χ0) is 20.4. The molecule has 0 saturated carbocycles. The number of rotatable bonds is 5. The van der Waals surface area contributed by atoms with Crippen LogP contribution in [0, 0.1) is 5.82 Å². The van der Waals surface area contributed by atoms with Gasteiger partial charge in [0.25, 0.3) is 5.91 Å². The molecule has 4 rings (SSSR count). The van der Waals surface area contributed by atoms with Gasteiger partial charge in [0.05, 0.1) is 17.9 Å². The maximum atomic E-state index is 13.1. The maximum absolute atomic E-state index is 13.1. The SMILES string of the molecule is CCOC(=O)c1ccc(NC(=O)c2csc3nc(-c4ccc(F)cc4)cn23)cc1. The number of nitrogens with zero attached hydrogens (tertiary/aromatic N) is 2. The number of thiazole rings is 1. The molecule has 8 heteroatoms. The molecular weight excluding hydrogens is 393 g/mol. The average Bonchev–Trinajstić information content (AvgIpc) is 3.30. The molecule has 0 aliphatic heterocycles. The summed E-state index contributed by atoms with van der Waals surface area (Å²) in [5.74, 6) is -1.02. The largest absolute Gasteiger partial charge is 0.462 e. The summed E-state index contributed by atoms with van der Waals surface area (Å²) in [6.07, 6.45) is 1.75. The Morgan fingerprint density at radius 3 is 2.55 bits per heavy atom.